The number of hydrogen-bond acceptors (Lipinski definition) is 2. The van der Waals surface area contributed by atoms with Crippen LogP contribution < -0.4 is 11.1 Å². The van der Waals surface area contributed by atoms with Crippen LogP contribution in [0, 0.1) is 0 Å². The molecule has 0 bridgehead atoms. The van der Waals surface area contributed by atoms with E-state index in [1.165, 1.54) is 11.1 Å². The highest BCUT2D eigenvalue weighted by Gasteiger charge is 2.16. The predicted octanol–water partition coefficient (Wildman–Crippen LogP) is 3.15. The normalized spacial score (nSPS) is 23.0. The molecule has 0 saturated carbocycles. The molecule has 2 rings (SSSR count). The molecule has 1 aliphatic carbocycles. The zero-order valence-electron chi connectivity index (χ0n) is 11.4. The summed E-state index contributed by atoms with van der Waals surface area (Å²) < 4.78 is 0. The average Bonchev–Trinajstić information content (AvgIpc) is 2.45. The van der Waals surface area contributed by atoms with Crippen LogP contribution in [-0.4, -0.2) is 7.05 Å². The van der Waals surface area contributed by atoms with Crippen LogP contribution in [0.5, 0.6) is 0 Å². The van der Waals surface area contributed by atoms with Gasteiger partial charge in [0.05, 0.1) is 11.4 Å². The minimum Gasteiger partial charge on any atom is -0.397 e. The lowest BCUT2D eigenvalue weighted by Crippen LogP contribution is -2.18. The number of likely N-dealkylation sites (N-methyl/N-ethyl adjacent to an activating group) is 1. The van der Waals surface area contributed by atoms with Gasteiger partial charge in [-0.1, -0.05) is 49.6 Å². The van der Waals surface area contributed by atoms with Gasteiger partial charge in [0.25, 0.3) is 0 Å². The molecule has 0 saturated heterocycles. The van der Waals surface area contributed by atoms with Gasteiger partial charge in [0.1, 0.15) is 0 Å². The first-order chi connectivity index (χ1) is 9.22. The number of benzene rings is 1. The van der Waals surface area contributed by atoms with Crippen LogP contribution in [0.25, 0.3) is 5.70 Å². The van der Waals surface area contributed by atoms with Crippen molar-refractivity contribution in [2.24, 2.45) is 5.73 Å². The molecule has 0 fully saturated rings. The first kappa shape index (κ1) is 13.2. The molecule has 19 heavy (non-hydrogen) atoms. The highest BCUT2D eigenvalue weighted by molar-refractivity contribution is 5.74. The zero-order valence-corrected chi connectivity index (χ0v) is 11.4. The molecule has 1 aliphatic rings. The minimum atomic E-state index is 0.770. The molecule has 0 heterocycles. The van der Waals surface area contributed by atoms with Crippen molar-refractivity contribution < 1.29 is 0 Å². The Bertz CT molecular complexity index is 577. The van der Waals surface area contributed by atoms with Crippen LogP contribution in [0.1, 0.15) is 17.5 Å². The Labute approximate surface area is 115 Å². The van der Waals surface area contributed by atoms with Crippen molar-refractivity contribution in [1.29, 1.82) is 0 Å². The maximum absolute atomic E-state index is 6.35. The van der Waals surface area contributed by atoms with Crippen LogP contribution in [-0.2, 0) is 6.42 Å². The quantitative estimate of drug-likeness (QED) is 0.867. The summed E-state index contributed by atoms with van der Waals surface area (Å²) in [6.45, 7) is 7.82. The fraction of sp³-hybridized carbons (Fsp3) is 0.176. The van der Waals surface area contributed by atoms with Gasteiger partial charge in [0, 0.05) is 18.2 Å². The van der Waals surface area contributed by atoms with Gasteiger partial charge in [-0.3, -0.25) is 0 Å². The number of fused-ring (bicyclic) bond motifs is 1. The van der Waals surface area contributed by atoms with Crippen LogP contribution >= 0.6 is 0 Å². The maximum atomic E-state index is 6.35. The van der Waals surface area contributed by atoms with Gasteiger partial charge < -0.3 is 11.1 Å². The van der Waals surface area contributed by atoms with Gasteiger partial charge in [-0.2, -0.15) is 0 Å². The maximum Gasteiger partial charge on any atom is 0.0653 e. The Balaban J connectivity index is 2.73. The van der Waals surface area contributed by atoms with Gasteiger partial charge >= 0.3 is 0 Å². The molecule has 0 spiro atoms. The first-order valence-electron chi connectivity index (χ1n) is 6.47. The number of rotatable bonds is 3. The van der Waals surface area contributed by atoms with Crippen molar-refractivity contribution >= 4 is 5.70 Å². The molecule has 0 atom stereocenters. The molecule has 98 valence electrons. The summed E-state index contributed by atoms with van der Waals surface area (Å²) in [7, 11) is 1.89. The third-order valence-corrected chi connectivity index (χ3v) is 3.56. The lowest BCUT2D eigenvalue weighted by molar-refractivity contribution is 0.919. The summed E-state index contributed by atoms with van der Waals surface area (Å²) in [4.78, 5) is 0. The minimum absolute atomic E-state index is 0.770. The number of aryl methyl sites for hydroxylation is 1. The molecular weight excluding hydrogens is 232 g/mol. The summed E-state index contributed by atoms with van der Waals surface area (Å²) in [5.74, 6) is 0. The topological polar surface area (TPSA) is 38.0 Å². The standard InChI is InChI=1S/C17H20N2/c1-4-12-10-11-13-8-6-7-9-15(13)16(18)17(19-3)14(12)5-2/h4-9,19H,1-2,10-11,18H2,3H3/b14-12-,17-16-. The first-order valence-corrected chi connectivity index (χ1v) is 6.47. The Morgan fingerprint density at radius 1 is 1.16 bits per heavy atom. The molecule has 1 aromatic carbocycles. The predicted molar refractivity (Wildman–Crippen MR) is 82.4 cm³/mol. The van der Waals surface area contributed by atoms with Crippen LogP contribution in [0.3, 0.4) is 0 Å². The van der Waals surface area contributed by atoms with E-state index in [0.717, 1.165) is 35.4 Å². The molecule has 2 heteroatoms. The monoisotopic (exact) mass is 252 g/mol. The molecule has 0 amide bonds. The highest BCUT2D eigenvalue weighted by Crippen LogP contribution is 2.29. The second kappa shape index (κ2) is 5.61. The zero-order chi connectivity index (χ0) is 13.8. The fourth-order valence-corrected chi connectivity index (χ4v) is 2.56. The summed E-state index contributed by atoms with van der Waals surface area (Å²) in [6, 6.07) is 8.28. The second-order valence-electron chi connectivity index (χ2n) is 4.54. The molecular formula is C17H20N2. The van der Waals surface area contributed by atoms with Gasteiger partial charge in [-0.25, -0.2) is 0 Å². The van der Waals surface area contributed by atoms with E-state index in [1.807, 2.05) is 25.3 Å². The number of allylic oxidation sites excluding steroid dienone is 3. The van der Waals surface area contributed by atoms with Gasteiger partial charge in [0.15, 0.2) is 0 Å². The molecule has 0 radical (unpaired) electrons. The Morgan fingerprint density at radius 3 is 2.53 bits per heavy atom. The molecule has 0 unspecified atom stereocenters. The molecule has 0 aromatic heterocycles. The van der Waals surface area contributed by atoms with Crippen molar-refractivity contribution in [3.63, 3.8) is 0 Å². The van der Waals surface area contributed by atoms with E-state index >= 15 is 0 Å². The smallest absolute Gasteiger partial charge is 0.0653 e. The Kier molecular flexibility index (Phi) is 3.91. The van der Waals surface area contributed by atoms with Gasteiger partial charge in [-0.05, 0) is 24.0 Å². The summed E-state index contributed by atoms with van der Waals surface area (Å²) >= 11 is 0. The average molecular weight is 252 g/mol. The molecule has 3 N–H and O–H groups in total. The summed E-state index contributed by atoms with van der Waals surface area (Å²) in [5.41, 5.74) is 12.7. The lowest BCUT2D eigenvalue weighted by Gasteiger charge is -2.21. The number of hydrogen-bond donors (Lipinski definition) is 2. The summed E-state index contributed by atoms with van der Waals surface area (Å²) in [5, 5.41) is 3.21. The van der Waals surface area contributed by atoms with E-state index < -0.39 is 0 Å². The van der Waals surface area contributed by atoms with E-state index in [-0.39, 0.29) is 0 Å². The molecule has 2 nitrogen and oxygen atoms in total. The van der Waals surface area contributed by atoms with E-state index in [0.29, 0.717) is 0 Å². The van der Waals surface area contributed by atoms with Crippen molar-refractivity contribution in [2.45, 2.75) is 12.8 Å². The fourth-order valence-electron chi connectivity index (χ4n) is 2.56. The van der Waals surface area contributed by atoms with E-state index in [2.05, 4.69) is 36.7 Å². The SMILES string of the molecule is C=C/C1=C(C=C)/C(NC)=C(/N)c2ccccc2CC1. The molecule has 1 aromatic rings. The van der Waals surface area contributed by atoms with Crippen LogP contribution in [0.4, 0.5) is 0 Å². The Hall–Kier alpha value is -2.22. The van der Waals surface area contributed by atoms with Gasteiger partial charge in [0.2, 0.25) is 0 Å². The van der Waals surface area contributed by atoms with E-state index in [4.69, 9.17) is 5.73 Å². The van der Waals surface area contributed by atoms with Crippen molar-refractivity contribution in [3.05, 3.63) is 77.5 Å². The largest absolute Gasteiger partial charge is 0.397 e. The van der Waals surface area contributed by atoms with E-state index in [1.54, 1.807) is 0 Å². The van der Waals surface area contributed by atoms with Crippen molar-refractivity contribution in [2.75, 3.05) is 7.05 Å². The number of nitrogens with two attached hydrogens (primary N) is 1. The van der Waals surface area contributed by atoms with Crippen LogP contribution in [0.2, 0.25) is 0 Å². The highest BCUT2D eigenvalue weighted by atomic mass is 14.9. The molecule has 0 aliphatic heterocycles. The third-order valence-electron chi connectivity index (χ3n) is 3.56. The summed E-state index contributed by atoms with van der Waals surface area (Å²) in [6.07, 6.45) is 5.66. The van der Waals surface area contributed by atoms with E-state index in [9.17, 15) is 0 Å². The van der Waals surface area contributed by atoms with Crippen molar-refractivity contribution in [1.82, 2.24) is 5.32 Å². The second-order valence-corrected chi connectivity index (χ2v) is 4.54. The number of nitrogens with one attached hydrogen (secondary N) is 1. The van der Waals surface area contributed by atoms with Crippen molar-refractivity contribution in [3.8, 4) is 0 Å². The Morgan fingerprint density at radius 2 is 1.89 bits per heavy atom. The third kappa shape index (κ3) is 2.34. The lowest BCUT2D eigenvalue weighted by atomic mass is 9.90. The van der Waals surface area contributed by atoms with Gasteiger partial charge in [-0.15, -0.1) is 0 Å². The van der Waals surface area contributed by atoms with Crippen LogP contribution in [0.15, 0.2) is 66.4 Å².